The van der Waals surface area contributed by atoms with Crippen LogP contribution in [0.2, 0.25) is 10.0 Å². The third-order valence-corrected chi connectivity index (χ3v) is 6.47. The second-order valence-corrected chi connectivity index (χ2v) is 9.40. The molecular weight excluding hydrogens is 523 g/mol. The monoisotopic (exact) mass is 544 g/mol. The highest BCUT2D eigenvalue weighted by molar-refractivity contribution is 6.33. The lowest BCUT2D eigenvalue weighted by Crippen LogP contribution is -2.14. The Kier molecular flexibility index (Phi) is 7.26. The molecule has 0 saturated carbocycles. The van der Waals surface area contributed by atoms with Gasteiger partial charge >= 0.3 is 0 Å². The average molecular weight is 545 g/mol. The maximum absolute atomic E-state index is 12.7. The predicted molar refractivity (Wildman–Crippen MR) is 152 cm³/mol. The summed E-state index contributed by atoms with van der Waals surface area (Å²) in [5, 5.41) is 13.0. The largest absolute Gasteiger partial charge is 0.337 e. The van der Waals surface area contributed by atoms with Crippen molar-refractivity contribution in [3.63, 3.8) is 0 Å². The van der Waals surface area contributed by atoms with Crippen molar-refractivity contribution in [3.05, 3.63) is 107 Å². The molecule has 0 radical (unpaired) electrons. The number of hydrogen-bond donors (Lipinski definition) is 4. The van der Waals surface area contributed by atoms with Gasteiger partial charge in [0, 0.05) is 16.4 Å². The minimum absolute atomic E-state index is 0.0615. The Morgan fingerprint density at radius 1 is 1.03 bits per heavy atom. The molecule has 1 aromatic heterocycles. The van der Waals surface area contributed by atoms with Gasteiger partial charge in [-0.25, -0.2) is 4.98 Å². The number of anilines is 6. The number of nitrogens with one attached hydrogen (secondary N) is 4. The van der Waals surface area contributed by atoms with E-state index < -0.39 is 0 Å². The van der Waals surface area contributed by atoms with E-state index in [-0.39, 0.29) is 17.7 Å². The first-order valence-electron chi connectivity index (χ1n) is 11.7. The van der Waals surface area contributed by atoms with Crippen LogP contribution >= 0.6 is 23.2 Å². The fourth-order valence-corrected chi connectivity index (χ4v) is 4.51. The molecular formula is C28H22Cl2N6O2. The fourth-order valence-electron chi connectivity index (χ4n) is 4.16. The lowest BCUT2D eigenvalue weighted by atomic mass is 9.93. The van der Waals surface area contributed by atoms with Crippen molar-refractivity contribution in [2.45, 2.75) is 12.3 Å². The molecule has 38 heavy (non-hydrogen) atoms. The number of rotatable bonds is 8. The van der Waals surface area contributed by atoms with E-state index in [1.165, 1.54) is 12.3 Å². The number of amides is 2. The molecule has 0 aliphatic carbocycles. The molecule has 1 unspecified atom stereocenters. The van der Waals surface area contributed by atoms with E-state index >= 15 is 0 Å². The topological polar surface area (TPSA) is 108 Å². The maximum Gasteiger partial charge on any atom is 0.247 e. The number of benzene rings is 3. The Morgan fingerprint density at radius 3 is 2.63 bits per heavy atom. The van der Waals surface area contributed by atoms with Crippen LogP contribution in [0.1, 0.15) is 17.0 Å². The molecule has 0 spiro atoms. The molecule has 1 atom stereocenters. The summed E-state index contributed by atoms with van der Waals surface area (Å²) in [6, 6.07) is 20.3. The van der Waals surface area contributed by atoms with Gasteiger partial charge in [0.05, 0.1) is 23.5 Å². The second kappa shape index (κ2) is 10.9. The van der Waals surface area contributed by atoms with E-state index in [1.807, 2.05) is 42.5 Å². The summed E-state index contributed by atoms with van der Waals surface area (Å²) >= 11 is 12.5. The molecule has 1 aliphatic rings. The molecule has 4 N–H and O–H groups in total. The first-order chi connectivity index (χ1) is 18.4. The van der Waals surface area contributed by atoms with Crippen molar-refractivity contribution in [1.29, 1.82) is 0 Å². The van der Waals surface area contributed by atoms with Crippen LogP contribution in [0.3, 0.4) is 0 Å². The summed E-state index contributed by atoms with van der Waals surface area (Å²) in [5.41, 5.74) is 4.47. The van der Waals surface area contributed by atoms with E-state index in [1.54, 1.807) is 24.3 Å². The van der Waals surface area contributed by atoms with Gasteiger partial charge < -0.3 is 21.3 Å². The minimum Gasteiger partial charge on any atom is -0.337 e. The van der Waals surface area contributed by atoms with Gasteiger partial charge in [-0.1, -0.05) is 54.0 Å². The van der Waals surface area contributed by atoms with Gasteiger partial charge in [0.15, 0.2) is 5.82 Å². The number of para-hydroxylation sites is 2. The third kappa shape index (κ3) is 5.61. The van der Waals surface area contributed by atoms with E-state index in [0.29, 0.717) is 45.3 Å². The highest BCUT2D eigenvalue weighted by Crippen LogP contribution is 2.37. The fraction of sp³-hybridized carbons (Fsp3) is 0.0714. The van der Waals surface area contributed by atoms with Crippen molar-refractivity contribution in [2.24, 2.45) is 0 Å². The van der Waals surface area contributed by atoms with Crippen molar-refractivity contribution < 1.29 is 9.59 Å². The van der Waals surface area contributed by atoms with Crippen LogP contribution < -0.4 is 21.3 Å². The number of halogens is 2. The molecule has 2 amide bonds. The number of carbonyl (C=O) groups is 2. The van der Waals surface area contributed by atoms with Crippen LogP contribution in [0.5, 0.6) is 0 Å². The Balaban J connectivity index is 1.37. The van der Waals surface area contributed by atoms with Crippen LogP contribution in [-0.2, 0) is 16.0 Å². The van der Waals surface area contributed by atoms with Gasteiger partial charge in [0.2, 0.25) is 17.8 Å². The molecule has 8 nitrogen and oxygen atoms in total. The summed E-state index contributed by atoms with van der Waals surface area (Å²) in [7, 11) is 0. The van der Waals surface area contributed by atoms with Gasteiger partial charge in [-0.15, -0.1) is 0 Å². The van der Waals surface area contributed by atoms with Gasteiger partial charge in [-0.05, 0) is 66.1 Å². The molecule has 1 aliphatic heterocycles. The number of hydrogen-bond acceptors (Lipinski definition) is 6. The molecule has 2 heterocycles. The number of fused-ring (bicyclic) bond motifs is 1. The van der Waals surface area contributed by atoms with Crippen LogP contribution in [0.25, 0.3) is 0 Å². The zero-order valence-electron chi connectivity index (χ0n) is 20.0. The van der Waals surface area contributed by atoms with E-state index in [9.17, 15) is 9.59 Å². The SMILES string of the molecule is C=CC(=O)Nc1ccccc1Nc1nc(Nc2ccc3c(c2)C(Cc2cccc(Cl)c2)C(=O)N3)ncc1Cl. The van der Waals surface area contributed by atoms with Crippen LogP contribution in [0.4, 0.5) is 34.5 Å². The Morgan fingerprint density at radius 2 is 1.84 bits per heavy atom. The first-order valence-corrected chi connectivity index (χ1v) is 12.4. The molecule has 0 saturated heterocycles. The lowest BCUT2D eigenvalue weighted by Gasteiger charge is -2.14. The molecule has 190 valence electrons. The van der Waals surface area contributed by atoms with Gasteiger partial charge in [0.1, 0.15) is 5.02 Å². The Hall–Kier alpha value is -4.40. The zero-order valence-corrected chi connectivity index (χ0v) is 21.5. The predicted octanol–water partition coefficient (Wildman–Crippen LogP) is 6.67. The van der Waals surface area contributed by atoms with Crippen LogP contribution in [0, 0.1) is 0 Å². The summed E-state index contributed by atoms with van der Waals surface area (Å²) in [4.78, 5) is 33.3. The Bertz CT molecular complexity index is 1560. The van der Waals surface area contributed by atoms with Gasteiger partial charge in [-0.3, -0.25) is 9.59 Å². The molecule has 3 aromatic carbocycles. The highest BCUT2D eigenvalue weighted by Gasteiger charge is 2.31. The van der Waals surface area contributed by atoms with E-state index in [0.717, 1.165) is 16.8 Å². The van der Waals surface area contributed by atoms with E-state index in [2.05, 4.69) is 37.8 Å². The molecule has 5 rings (SSSR count). The summed E-state index contributed by atoms with van der Waals surface area (Å²) < 4.78 is 0. The van der Waals surface area contributed by atoms with Crippen molar-refractivity contribution in [3.8, 4) is 0 Å². The minimum atomic E-state index is -0.351. The first kappa shape index (κ1) is 25.3. The molecule has 4 aromatic rings. The van der Waals surface area contributed by atoms with E-state index in [4.69, 9.17) is 23.2 Å². The zero-order chi connectivity index (χ0) is 26.6. The number of carbonyl (C=O) groups excluding carboxylic acids is 2. The van der Waals surface area contributed by atoms with Gasteiger partial charge in [-0.2, -0.15) is 4.98 Å². The standard InChI is InChI=1S/C28H22Cl2N6O2/c1-2-25(37)33-23-8-3-4-9-24(23)34-26-21(30)15-31-28(36-26)32-18-10-11-22-19(14-18)20(27(38)35-22)13-16-6-5-7-17(29)12-16/h2-12,14-15,20H,1,13H2,(H,33,37)(H,35,38)(H2,31,32,34,36). The number of nitrogens with zero attached hydrogens (tertiary/aromatic N) is 2. The molecule has 10 heteroatoms. The summed E-state index contributed by atoms with van der Waals surface area (Å²) in [6.07, 6.45) is 3.19. The van der Waals surface area contributed by atoms with Crippen molar-refractivity contribution in [1.82, 2.24) is 9.97 Å². The molecule has 0 fully saturated rings. The highest BCUT2D eigenvalue weighted by atomic mass is 35.5. The second-order valence-electron chi connectivity index (χ2n) is 8.56. The smallest absolute Gasteiger partial charge is 0.247 e. The normalized spacial score (nSPS) is 13.8. The van der Waals surface area contributed by atoms with Crippen molar-refractivity contribution in [2.75, 3.05) is 21.3 Å². The quantitative estimate of drug-likeness (QED) is 0.184. The summed E-state index contributed by atoms with van der Waals surface area (Å²) in [5.74, 6) is -0.104. The average Bonchev–Trinajstić information content (AvgIpc) is 3.21. The molecule has 0 bridgehead atoms. The summed E-state index contributed by atoms with van der Waals surface area (Å²) in [6.45, 7) is 3.48. The number of aromatic nitrogens is 2. The Labute approximate surface area is 229 Å². The van der Waals surface area contributed by atoms with Crippen LogP contribution in [-0.4, -0.2) is 21.8 Å². The van der Waals surface area contributed by atoms with Crippen molar-refractivity contribution >= 4 is 69.5 Å². The maximum atomic E-state index is 12.7. The third-order valence-electron chi connectivity index (χ3n) is 5.95. The van der Waals surface area contributed by atoms with Gasteiger partial charge in [0.25, 0.3) is 0 Å². The lowest BCUT2D eigenvalue weighted by molar-refractivity contribution is -0.117. The van der Waals surface area contributed by atoms with Crippen LogP contribution in [0.15, 0.2) is 85.6 Å².